The van der Waals surface area contributed by atoms with E-state index in [0.717, 1.165) is 5.56 Å². The van der Waals surface area contributed by atoms with Crippen LogP contribution in [0.25, 0.3) is 0 Å². The molecule has 2 heteroatoms. The van der Waals surface area contributed by atoms with E-state index >= 15 is 0 Å². The van der Waals surface area contributed by atoms with Crippen LogP contribution >= 0.6 is 0 Å². The minimum absolute atomic E-state index is 0.356. The Labute approximate surface area is 77.8 Å². The van der Waals surface area contributed by atoms with Gasteiger partial charge in [0.25, 0.3) is 0 Å². The Hall–Kier alpha value is -1.41. The second-order valence-corrected chi connectivity index (χ2v) is 2.53. The van der Waals surface area contributed by atoms with Gasteiger partial charge in [-0.2, -0.15) is 0 Å². The molecule has 13 heavy (non-hydrogen) atoms. The van der Waals surface area contributed by atoms with Crippen LogP contribution in [0.15, 0.2) is 43.0 Å². The van der Waals surface area contributed by atoms with Gasteiger partial charge in [0.05, 0.1) is 6.61 Å². The maximum Gasteiger partial charge on any atom is 0.234 e. The summed E-state index contributed by atoms with van der Waals surface area (Å²) in [6.45, 7) is 3.86. The van der Waals surface area contributed by atoms with Gasteiger partial charge in [0.2, 0.25) is 6.29 Å². The Balaban J connectivity index is 2.66. The van der Waals surface area contributed by atoms with Crippen LogP contribution in [0.5, 0.6) is 0 Å². The third-order valence-corrected chi connectivity index (χ3v) is 1.59. The van der Waals surface area contributed by atoms with E-state index in [1.54, 1.807) is 6.08 Å². The number of hydrogen-bond donors (Lipinski definition) is 0. The number of rotatable bonds is 5. The van der Waals surface area contributed by atoms with Crippen molar-refractivity contribution in [3.8, 4) is 0 Å². The number of hydrogen-bond acceptors (Lipinski definition) is 2. The number of benzene rings is 1. The molecule has 1 aromatic carbocycles. The third-order valence-electron chi connectivity index (χ3n) is 1.59. The van der Waals surface area contributed by atoms with Crippen LogP contribution < -0.4 is 0 Å². The lowest BCUT2D eigenvalue weighted by molar-refractivity contribution is 0.121. The van der Waals surface area contributed by atoms with E-state index < -0.39 is 6.10 Å². The fourth-order valence-electron chi connectivity index (χ4n) is 0.990. The predicted molar refractivity (Wildman–Crippen MR) is 51.0 cm³/mol. The Kier molecular flexibility index (Phi) is 3.93. The molecule has 1 unspecified atom stereocenters. The fraction of sp³-hybridized carbons (Fsp3) is 0.182. The maximum atomic E-state index is 10.5. The summed E-state index contributed by atoms with van der Waals surface area (Å²) in [6, 6.07) is 9.27. The van der Waals surface area contributed by atoms with Crippen molar-refractivity contribution in [1.29, 1.82) is 0 Å². The molecule has 1 radical (unpaired) electrons. The molecular formula is C11H11O2. The molecule has 1 aromatic rings. The lowest BCUT2D eigenvalue weighted by Crippen LogP contribution is -2.05. The monoisotopic (exact) mass is 175 g/mol. The highest BCUT2D eigenvalue weighted by Crippen LogP contribution is 2.13. The Morgan fingerprint density at radius 1 is 1.46 bits per heavy atom. The molecule has 67 valence electrons. The molecule has 0 N–H and O–H groups in total. The van der Waals surface area contributed by atoms with Crippen LogP contribution in [0.3, 0.4) is 0 Å². The van der Waals surface area contributed by atoms with E-state index in [1.165, 1.54) is 0 Å². The largest absolute Gasteiger partial charge is 0.361 e. The lowest BCUT2D eigenvalue weighted by atomic mass is 10.1. The van der Waals surface area contributed by atoms with Gasteiger partial charge in [-0.3, -0.25) is 4.79 Å². The molecule has 0 spiro atoms. The van der Waals surface area contributed by atoms with Crippen LogP contribution in [0.4, 0.5) is 0 Å². The third kappa shape index (κ3) is 2.84. The van der Waals surface area contributed by atoms with Crippen LogP contribution in [-0.4, -0.2) is 12.9 Å². The van der Waals surface area contributed by atoms with Gasteiger partial charge in [-0.25, -0.2) is 0 Å². The maximum absolute atomic E-state index is 10.5. The fourth-order valence-corrected chi connectivity index (χ4v) is 0.990. The first-order valence-electron chi connectivity index (χ1n) is 4.03. The summed E-state index contributed by atoms with van der Waals surface area (Å²) in [5.74, 6) is 0. The van der Waals surface area contributed by atoms with Gasteiger partial charge in [0, 0.05) is 0 Å². The van der Waals surface area contributed by atoms with Gasteiger partial charge in [0.15, 0.2) is 0 Å². The van der Waals surface area contributed by atoms with Crippen molar-refractivity contribution in [2.45, 2.75) is 6.10 Å². The summed E-state index contributed by atoms with van der Waals surface area (Å²) in [7, 11) is 0. The molecule has 1 atom stereocenters. The molecular weight excluding hydrogens is 164 g/mol. The quantitative estimate of drug-likeness (QED) is 0.640. The van der Waals surface area contributed by atoms with Crippen molar-refractivity contribution in [2.75, 3.05) is 6.61 Å². The zero-order valence-electron chi connectivity index (χ0n) is 7.27. The van der Waals surface area contributed by atoms with Gasteiger partial charge in [0.1, 0.15) is 6.10 Å². The summed E-state index contributed by atoms with van der Waals surface area (Å²) in [4.78, 5) is 10.5. The Morgan fingerprint density at radius 3 is 2.69 bits per heavy atom. The van der Waals surface area contributed by atoms with Crippen molar-refractivity contribution < 1.29 is 9.53 Å². The van der Waals surface area contributed by atoms with E-state index in [2.05, 4.69) is 6.58 Å². The summed E-state index contributed by atoms with van der Waals surface area (Å²) < 4.78 is 5.18. The summed E-state index contributed by atoms with van der Waals surface area (Å²) in [6.07, 6.45) is 2.84. The van der Waals surface area contributed by atoms with Crippen LogP contribution in [0.1, 0.15) is 11.7 Å². The first kappa shape index (κ1) is 9.68. The highest BCUT2D eigenvalue weighted by atomic mass is 16.5. The number of carbonyl (C=O) groups excluding carboxylic acids is 1. The van der Waals surface area contributed by atoms with Gasteiger partial charge >= 0.3 is 0 Å². The smallest absolute Gasteiger partial charge is 0.234 e. The minimum atomic E-state index is -0.598. The van der Waals surface area contributed by atoms with Gasteiger partial charge < -0.3 is 4.74 Å². The molecule has 0 amide bonds. The molecule has 2 nitrogen and oxygen atoms in total. The normalized spacial score (nSPS) is 12.0. The molecule has 0 bridgehead atoms. The van der Waals surface area contributed by atoms with Crippen LogP contribution in [0, 0.1) is 0 Å². The second kappa shape index (κ2) is 5.27. The molecule has 0 saturated carbocycles. The van der Waals surface area contributed by atoms with Gasteiger partial charge in [-0.05, 0) is 5.56 Å². The molecule has 0 heterocycles. The molecule has 0 aromatic heterocycles. The van der Waals surface area contributed by atoms with E-state index in [1.807, 2.05) is 36.6 Å². The zero-order valence-corrected chi connectivity index (χ0v) is 7.27. The average Bonchev–Trinajstić information content (AvgIpc) is 2.21. The average molecular weight is 175 g/mol. The molecule has 1 rings (SSSR count). The van der Waals surface area contributed by atoms with Crippen molar-refractivity contribution in [3.05, 3.63) is 48.6 Å². The molecule has 0 fully saturated rings. The zero-order chi connectivity index (χ0) is 9.52. The first-order valence-corrected chi connectivity index (χ1v) is 4.03. The summed E-state index contributed by atoms with van der Waals surface area (Å²) >= 11 is 0. The molecule has 0 aliphatic carbocycles. The molecule has 0 aliphatic heterocycles. The van der Waals surface area contributed by atoms with E-state index in [0.29, 0.717) is 6.61 Å². The van der Waals surface area contributed by atoms with Crippen molar-refractivity contribution >= 4 is 6.29 Å². The molecule has 0 aliphatic rings. The Morgan fingerprint density at radius 2 is 2.15 bits per heavy atom. The van der Waals surface area contributed by atoms with Crippen molar-refractivity contribution in [1.82, 2.24) is 0 Å². The predicted octanol–water partition coefficient (Wildman–Crippen LogP) is 2.04. The molecule has 0 saturated heterocycles. The topological polar surface area (TPSA) is 26.3 Å². The van der Waals surface area contributed by atoms with E-state index in [-0.39, 0.29) is 0 Å². The lowest BCUT2D eigenvalue weighted by Gasteiger charge is -2.08. The van der Waals surface area contributed by atoms with E-state index in [9.17, 15) is 4.79 Å². The second-order valence-electron chi connectivity index (χ2n) is 2.53. The first-order chi connectivity index (χ1) is 6.38. The highest BCUT2D eigenvalue weighted by Gasteiger charge is 2.09. The summed E-state index contributed by atoms with van der Waals surface area (Å²) in [5, 5.41) is 0. The van der Waals surface area contributed by atoms with Gasteiger partial charge in [-0.15, -0.1) is 6.58 Å². The van der Waals surface area contributed by atoms with Crippen molar-refractivity contribution in [2.24, 2.45) is 0 Å². The minimum Gasteiger partial charge on any atom is -0.361 e. The van der Waals surface area contributed by atoms with Crippen LogP contribution in [-0.2, 0) is 9.53 Å². The SMILES string of the molecule is C=CCOC([C]=O)c1ccccc1. The standard InChI is InChI=1S/C11H11O2/c1-2-8-13-11(9-12)10-6-4-3-5-7-10/h2-7,11H,1,8H2. The van der Waals surface area contributed by atoms with E-state index in [4.69, 9.17) is 4.74 Å². The summed E-state index contributed by atoms with van der Waals surface area (Å²) in [5.41, 5.74) is 0.819. The van der Waals surface area contributed by atoms with Gasteiger partial charge in [-0.1, -0.05) is 36.4 Å². The van der Waals surface area contributed by atoms with Crippen molar-refractivity contribution in [3.63, 3.8) is 0 Å². The van der Waals surface area contributed by atoms with Crippen LogP contribution in [0.2, 0.25) is 0 Å². The Bertz CT molecular complexity index is 267. The highest BCUT2D eigenvalue weighted by molar-refractivity contribution is 5.60. The number of ether oxygens (including phenoxy) is 1.